The van der Waals surface area contributed by atoms with Crippen molar-refractivity contribution in [1.29, 1.82) is 0 Å². The van der Waals surface area contributed by atoms with Crippen LogP contribution >= 0.6 is 7.49 Å². The first-order valence-corrected chi connectivity index (χ1v) is 18.4. The zero-order valence-electron chi connectivity index (χ0n) is 27.1. The van der Waals surface area contributed by atoms with E-state index in [1.54, 1.807) is 0 Å². The van der Waals surface area contributed by atoms with Crippen molar-refractivity contribution in [2.45, 2.75) is 0 Å². The first-order valence-electron chi connectivity index (χ1n) is 16.7. The average molecular weight is 661 g/mol. The van der Waals surface area contributed by atoms with Gasteiger partial charge in [0.2, 0.25) is 7.49 Å². The Morgan fingerprint density at radius 3 is 1.22 bits per heavy atom. The van der Waals surface area contributed by atoms with E-state index in [4.69, 9.17) is 15.0 Å². The molecule has 0 saturated heterocycles. The smallest absolute Gasteiger partial charge is 0.235 e. The predicted octanol–water partition coefficient (Wildman–Crippen LogP) is 9.39. The molecule has 0 atom stereocenters. The lowest BCUT2D eigenvalue weighted by Gasteiger charge is -2.16. The van der Waals surface area contributed by atoms with Crippen molar-refractivity contribution >= 4 is 23.4 Å². The highest BCUT2D eigenvalue weighted by atomic mass is 31.2. The summed E-state index contributed by atoms with van der Waals surface area (Å²) in [6, 6.07) is 62.1. The molecule has 9 rings (SSSR count). The maximum Gasteiger partial charge on any atom is 0.239 e. The molecular weight excluding hydrogens is 629 g/mol. The number of aromatic nitrogens is 3. The van der Waals surface area contributed by atoms with E-state index in [9.17, 15) is 4.89 Å². The van der Waals surface area contributed by atoms with Crippen LogP contribution in [0, 0.1) is 0 Å². The zero-order chi connectivity index (χ0) is 33.5. The van der Waals surface area contributed by atoms with Crippen LogP contribution in [0.25, 0.3) is 67.5 Å². The van der Waals surface area contributed by atoms with Crippen LogP contribution in [-0.4, -0.2) is 19.8 Å². The molecule has 1 aliphatic rings. The Labute approximate surface area is 291 Å². The monoisotopic (exact) mass is 660 g/mol. The fraction of sp³-hybridized carbons (Fsp3) is 0. The molecule has 0 fully saturated rings. The molecule has 4 nitrogen and oxygen atoms in total. The van der Waals surface area contributed by atoms with Crippen molar-refractivity contribution in [3.63, 3.8) is 0 Å². The summed E-state index contributed by atoms with van der Waals surface area (Å²) in [4.78, 5) is 27.0. The lowest BCUT2D eigenvalue weighted by Crippen LogP contribution is -2.26. The number of fused-ring (bicyclic) bond motifs is 3. The van der Waals surface area contributed by atoms with Crippen LogP contribution in [0.5, 0.6) is 0 Å². The summed E-state index contributed by atoms with van der Waals surface area (Å²) in [5, 5.41) is 3.03. The summed E-state index contributed by atoms with van der Waals surface area (Å²) in [5.41, 5.74) is 9.49. The lowest BCUT2D eigenvalue weighted by molar-refractivity contribution is 0.634. The van der Waals surface area contributed by atoms with E-state index < -0.39 is 7.49 Å². The van der Waals surface area contributed by atoms with Crippen LogP contribution in [0.4, 0.5) is 0 Å². The molecular formula is C45H31N3OP+. The number of hydrogen-bond acceptors (Lipinski definition) is 4. The van der Waals surface area contributed by atoms with Crippen molar-refractivity contribution in [2.75, 3.05) is 0 Å². The molecule has 0 saturated carbocycles. The summed E-state index contributed by atoms with van der Waals surface area (Å²) in [6.07, 6.45) is 0. The van der Waals surface area contributed by atoms with E-state index in [2.05, 4.69) is 97.1 Å². The molecule has 0 unspecified atom stereocenters. The molecule has 2 heterocycles. The molecule has 50 heavy (non-hydrogen) atoms. The third-order valence-corrected chi connectivity index (χ3v) is 12.6. The number of nitrogens with zero attached hydrogens (tertiary/aromatic N) is 3. The fourth-order valence-electron chi connectivity index (χ4n) is 6.88. The van der Waals surface area contributed by atoms with Gasteiger partial charge in [-0.3, -0.25) is 0 Å². The van der Waals surface area contributed by atoms with E-state index in [0.29, 0.717) is 17.5 Å². The van der Waals surface area contributed by atoms with Crippen LogP contribution < -0.4 is 15.9 Å². The van der Waals surface area contributed by atoms with Gasteiger partial charge in [0.25, 0.3) is 0 Å². The van der Waals surface area contributed by atoms with Crippen molar-refractivity contribution in [3.8, 4) is 67.5 Å². The van der Waals surface area contributed by atoms with Gasteiger partial charge >= 0.3 is 0 Å². The quantitative estimate of drug-likeness (QED) is 0.181. The van der Waals surface area contributed by atoms with Crippen molar-refractivity contribution in [2.24, 2.45) is 0 Å². The summed E-state index contributed by atoms with van der Waals surface area (Å²) in [5.74, 6) is 1.92. The molecule has 236 valence electrons. The van der Waals surface area contributed by atoms with E-state index in [-0.39, 0.29) is 0 Å². The van der Waals surface area contributed by atoms with Crippen LogP contribution in [0.3, 0.4) is 0 Å². The Morgan fingerprint density at radius 2 is 0.700 bits per heavy atom. The minimum absolute atomic E-state index is 0.633. The van der Waals surface area contributed by atoms with E-state index >= 15 is 0 Å². The molecule has 0 radical (unpaired) electrons. The second-order valence-corrected chi connectivity index (χ2v) is 15.2. The molecule has 1 aliphatic heterocycles. The Hall–Kier alpha value is -6.06. The maximum absolute atomic E-state index is 12.3. The van der Waals surface area contributed by atoms with Gasteiger partial charge in [0, 0.05) is 27.8 Å². The second-order valence-electron chi connectivity index (χ2n) is 12.4. The van der Waals surface area contributed by atoms with Gasteiger partial charge in [0.05, 0.1) is 0 Å². The van der Waals surface area contributed by atoms with Crippen LogP contribution in [0.2, 0.25) is 0 Å². The number of benzene rings is 7. The van der Waals surface area contributed by atoms with Gasteiger partial charge in [-0.2, -0.15) is 0 Å². The highest BCUT2D eigenvalue weighted by molar-refractivity contribution is 7.92. The minimum Gasteiger partial charge on any atom is -0.235 e. The lowest BCUT2D eigenvalue weighted by atomic mass is 9.99. The Balaban J connectivity index is 1.02. The Kier molecular flexibility index (Phi) is 7.47. The topological polar surface area (TPSA) is 58.9 Å². The third kappa shape index (κ3) is 5.23. The van der Waals surface area contributed by atoms with E-state index in [0.717, 1.165) is 66.0 Å². The molecule has 1 aromatic heterocycles. The van der Waals surface area contributed by atoms with Gasteiger partial charge in [0.1, 0.15) is 15.9 Å². The normalized spacial score (nSPS) is 12.7. The number of hydrogen-bond donors (Lipinski definition) is 1. The highest BCUT2D eigenvalue weighted by Crippen LogP contribution is 2.58. The minimum atomic E-state index is -2.70. The molecule has 0 spiro atoms. The van der Waals surface area contributed by atoms with Gasteiger partial charge < -0.3 is 0 Å². The van der Waals surface area contributed by atoms with Gasteiger partial charge in [-0.15, -0.1) is 0 Å². The van der Waals surface area contributed by atoms with Crippen LogP contribution in [-0.2, 0) is 0 Å². The van der Waals surface area contributed by atoms with Crippen molar-refractivity contribution < 1.29 is 4.89 Å². The predicted molar refractivity (Wildman–Crippen MR) is 207 cm³/mol. The molecule has 1 N–H and O–H groups in total. The second kappa shape index (κ2) is 12.4. The van der Waals surface area contributed by atoms with Crippen LogP contribution in [0.15, 0.2) is 182 Å². The average Bonchev–Trinajstić information content (AvgIpc) is 3.47. The molecule has 7 aromatic carbocycles. The van der Waals surface area contributed by atoms with Gasteiger partial charge in [0.15, 0.2) is 17.5 Å². The van der Waals surface area contributed by atoms with E-state index in [1.807, 2.05) is 84.9 Å². The van der Waals surface area contributed by atoms with Gasteiger partial charge in [-0.05, 0) is 52.6 Å². The molecule has 5 heteroatoms. The SMILES string of the molecule is O[P+]1(c2ccc(-c3ccc(-c4cccc(-c5nc(-c6ccccc6)nc(-c6ccccc6)n5)c4)cc3)cc2)c2ccccc2-c2ccccc21. The van der Waals surface area contributed by atoms with Gasteiger partial charge in [-0.25, -0.2) is 19.8 Å². The maximum atomic E-state index is 12.3. The summed E-state index contributed by atoms with van der Waals surface area (Å²) < 4.78 is 0. The summed E-state index contributed by atoms with van der Waals surface area (Å²) in [6.45, 7) is 0. The van der Waals surface area contributed by atoms with Gasteiger partial charge in [-0.1, -0.05) is 152 Å². The summed E-state index contributed by atoms with van der Waals surface area (Å²) >= 11 is 0. The van der Waals surface area contributed by atoms with Crippen LogP contribution in [0.1, 0.15) is 0 Å². The largest absolute Gasteiger partial charge is 0.239 e. The Morgan fingerprint density at radius 1 is 0.320 bits per heavy atom. The molecule has 0 aliphatic carbocycles. The molecule has 8 aromatic rings. The first kappa shape index (κ1) is 30.0. The highest BCUT2D eigenvalue weighted by Gasteiger charge is 2.52. The molecule has 0 bridgehead atoms. The van der Waals surface area contributed by atoms with Crippen molar-refractivity contribution in [3.05, 3.63) is 182 Å². The number of rotatable bonds is 6. The fourth-order valence-corrected chi connectivity index (χ4v) is 9.96. The van der Waals surface area contributed by atoms with E-state index in [1.165, 1.54) is 0 Å². The Bertz CT molecular complexity index is 2380. The standard InChI is InChI=1S/C45H31N3OP/c49-50(41-20-9-7-18-39(41)40-19-8-10-21-42(40)50)38-28-26-32(27-29-38)31-22-24-33(25-23-31)36-16-11-17-37(30-36)45-47-43(34-12-3-1-4-13-34)46-44(48-45)35-14-5-2-6-15-35/h1-30,49H/q+1. The third-order valence-electron chi connectivity index (χ3n) is 9.41. The first-order chi connectivity index (χ1) is 24.6. The zero-order valence-corrected chi connectivity index (χ0v) is 28.0. The summed E-state index contributed by atoms with van der Waals surface area (Å²) in [7, 11) is -2.70. The molecule has 0 amide bonds. The van der Waals surface area contributed by atoms with Crippen molar-refractivity contribution in [1.82, 2.24) is 15.0 Å².